The van der Waals surface area contributed by atoms with Gasteiger partial charge in [0, 0.05) is 24.0 Å². The summed E-state index contributed by atoms with van der Waals surface area (Å²) >= 11 is 0. The predicted molar refractivity (Wildman–Crippen MR) is 143 cm³/mol. The molecule has 1 amide bonds. The maximum Gasteiger partial charge on any atom is 0.278 e. The Hall–Kier alpha value is -3.56. The van der Waals surface area contributed by atoms with E-state index in [2.05, 4.69) is 25.7 Å². The first kappa shape index (κ1) is 23.5. The SMILES string of the molecule is O=C(NOC(CN1CCCC1)C1CC2(CC(c3n[nH]c(=O)c4ccccc34)C2)C1)c1cnn2ccccc12. The molecule has 1 saturated heterocycles. The lowest BCUT2D eigenvalue weighted by Gasteiger charge is -2.59. The third-order valence-corrected chi connectivity index (χ3v) is 9.00. The molecule has 7 rings (SSSR count). The smallest absolute Gasteiger partial charge is 0.278 e. The molecule has 2 saturated carbocycles. The molecule has 9 nitrogen and oxygen atoms in total. The summed E-state index contributed by atoms with van der Waals surface area (Å²) in [6, 6.07) is 13.4. The van der Waals surface area contributed by atoms with Gasteiger partial charge in [-0.25, -0.2) is 15.1 Å². The highest BCUT2D eigenvalue weighted by molar-refractivity contribution is 6.00. The number of nitrogens with zero attached hydrogens (tertiary/aromatic N) is 4. The molecule has 0 radical (unpaired) electrons. The molecule has 0 bridgehead atoms. The van der Waals surface area contributed by atoms with E-state index in [1.165, 1.54) is 12.8 Å². The fourth-order valence-electron chi connectivity index (χ4n) is 7.07. The van der Waals surface area contributed by atoms with E-state index in [4.69, 9.17) is 4.84 Å². The molecule has 1 unspecified atom stereocenters. The van der Waals surface area contributed by atoms with Crippen LogP contribution in [0.25, 0.3) is 16.3 Å². The van der Waals surface area contributed by atoms with Gasteiger partial charge in [0.25, 0.3) is 11.5 Å². The molecule has 1 spiro atoms. The van der Waals surface area contributed by atoms with Crippen molar-refractivity contribution in [3.63, 3.8) is 0 Å². The number of benzene rings is 1. The number of likely N-dealkylation sites (tertiary alicyclic amines) is 1. The first-order valence-electron chi connectivity index (χ1n) is 13.7. The van der Waals surface area contributed by atoms with Gasteiger partial charge in [-0.15, -0.1) is 0 Å². The van der Waals surface area contributed by atoms with Gasteiger partial charge in [-0.2, -0.15) is 10.2 Å². The van der Waals surface area contributed by atoms with Crippen LogP contribution in [0.3, 0.4) is 0 Å². The van der Waals surface area contributed by atoms with Gasteiger partial charge in [0.15, 0.2) is 0 Å². The van der Waals surface area contributed by atoms with E-state index in [1.807, 2.05) is 48.7 Å². The summed E-state index contributed by atoms with van der Waals surface area (Å²) in [7, 11) is 0. The van der Waals surface area contributed by atoms with E-state index >= 15 is 0 Å². The van der Waals surface area contributed by atoms with Gasteiger partial charge >= 0.3 is 0 Å². The van der Waals surface area contributed by atoms with Crippen molar-refractivity contribution >= 4 is 22.2 Å². The van der Waals surface area contributed by atoms with Crippen molar-refractivity contribution in [2.24, 2.45) is 11.3 Å². The lowest BCUT2D eigenvalue weighted by Crippen LogP contribution is -2.54. The molecular formula is C29H32N6O3. The van der Waals surface area contributed by atoms with E-state index in [1.54, 1.807) is 10.7 Å². The molecule has 196 valence electrons. The number of nitrogens with one attached hydrogen (secondary N) is 2. The molecule has 3 aliphatic rings. The zero-order valence-electron chi connectivity index (χ0n) is 21.3. The highest BCUT2D eigenvalue weighted by Gasteiger charge is 2.56. The number of pyridine rings is 1. The number of aromatic nitrogens is 4. The van der Waals surface area contributed by atoms with Gasteiger partial charge in [-0.3, -0.25) is 14.4 Å². The average Bonchev–Trinajstić information content (AvgIpc) is 3.56. The van der Waals surface area contributed by atoms with Crippen LogP contribution in [-0.2, 0) is 4.84 Å². The van der Waals surface area contributed by atoms with Crippen LogP contribution in [0.1, 0.15) is 60.5 Å². The van der Waals surface area contributed by atoms with Gasteiger partial charge in [-0.05, 0) is 81.1 Å². The Balaban J connectivity index is 1.01. The summed E-state index contributed by atoms with van der Waals surface area (Å²) in [5.41, 5.74) is 5.23. The van der Waals surface area contributed by atoms with Gasteiger partial charge in [-0.1, -0.05) is 24.3 Å². The molecule has 1 aliphatic heterocycles. The van der Waals surface area contributed by atoms with E-state index in [-0.39, 0.29) is 17.6 Å². The zero-order valence-corrected chi connectivity index (χ0v) is 21.3. The maximum atomic E-state index is 13.0. The minimum atomic E-state index is -0.258. The lowest BCUT2D eigenvalue weighted by molar-refractivity contribution is -0.135. The fourth-order valence-corrected chi connectivity index (χ4v) is 7.07. The van der Waals surface area contributed by atoms with Crippen molar-refractivity contribution in [1.82, 2.24) is 30.2 Å². The summed E-state index contributed by atoms with van der Waals surface area (Å²) in [6.07, 6.45) is 10.2. The number of carbonyl (C=O) groups is 1. The van der Waals surface area contributed by atoms with Crippen molar-refractivity contribution in [1.29, 1.82) is 0 Å². The monoisotopic (exact) mass is 512 g/mol. The number of aromatic amines is 1. The number of H-pyrrole nitrogens is 1. The number of hydroxylamine groups is 1. The molecule has 3 fully saturated rings. The summed E-state index contributed by atoms with van der Waals surface area (Å²) in [5, 5.41) is 13.1. The molecule has 1 aromatic carbocycles. The number of hydrogen-bond acceptors (Lipinski definition) is 6. The second-order valence-corrected chi connectivity index (χ2v) is 11.4. The molecule has 1 atom stereocenters. The van der Waals surface area contributed by atoms with Gasteiger partial charge < -0.3 is 4.90 Å². The Morgan fingerprint density at radius 1 is 1.08 bits per heavy atom. The molecule has 9 heteroatoms. The van der Waals surface area contributed by atoms with Crippen LogP contribution >= 0.6 is 0 Å². The fraction of sp³-hybridized carbons (Fsp3) is 0.448. The minimum Gasteiger partial charge on any atom is -0.301 e. The quantitative estimate of drug-likeness (QED) is 0.366. The number of fused-ring (bicyclic) bond motifs is 2. The molecule has 3 aromatic heterocycles. The molecule has 4 aromatic rings. The van der Waals surface area contributed by atoms with Crippen molar-refractivity contribution in [3.8, 4) is 0 Å². The Morgan fingerprint density at radius 2 is 1.84 bits per heavy atom. The third kappa shape index (κ3) is 4.10. The average molecular weight is 513 g/mol. The Bertz CT molecular complexity index is 1540. The topological polar surface area (TPSA) is 105 Å². The summed E-state index contributed by atoms with van der Waals surface area (Å²) in [6.45, 7) is 3.02. The summed E-state index contributed by atoms with van der Waals surface area (Å²) in [4.78, 5) is 33.8. The van der Waals surface area contributed by atoms with E-state index in [0.717, 1.165) is 61.9 Å². The first-order valence-corrected chi connectivity index (χ1v) is 13.7. The van der Waals surface area contributed by atoms with E-state index in [9.17, 15) is 9.59 Å². The molecule has 4 heterocycles. The van der Waals surface area contributed by atoms with Crippen molar-refractivity contribution < 1.29 is 9.63 Å². The molecule has 2 aliphatic carbocycles. The first-order chi connectivity index (χ1) is 18.6. The molecular weight excluding hydrogens is 480 g/mol. The highest BCUT2D eigenvalue weighted by atomic mass is 16.7. The van der Waals surface area contributed by atoms with Crippen LogP contribution < -0.4 is 11.0 Å². The number of carbonyl (C=O) groups excluding carboxylic acids is 1. The molecule has 38 heavy (non-hydrogen) atoms. The van der Waals surface area contributed by atoms with Crippen LogP contribution in [0.15, 0.2) is 59.7 Å². The number of rotatable bonds is 7. The second kappa shape index (κ2) is 9.32. The highest BCUT2D eigenvalue weighted by Crippen LogP contribution is 2.65. The van der Waals surface area contributed by atoms with Crippen molar-refractivity contribution in [2.45, 2.75) is 50.5 Å². The van der Waals surface area contributed by atoms with Gasteiger partial charge in [0.2, 0.25) is 0 Å². The summed E-state index contributed by atoms with van der Waals surface area (Å²) < 4.78 is 1.69. The van der Waals surface area contributed by atoms with Gasteiger partial charge in [0.1, 0.15) is 6.10 Å². The zero-order chi connectivity index (χ0) is 25.7. The van der Waals surface area contributed by atoms with Crippen molar-refractivity contribution in [2.75, 3.05) is 19.6 Å². The summed E-state index contributed by atoms with van der Waals surface area (Å²) in [5.74, 6) is 0.512. The third-order valence-electron chi connectivity index (χ3n) is 9.00. The van der Waals surface area contributed by atoms with Crippen LogP contribution in [0, 0.1) is 11.3 Å². The second-order valence-electron chi connectivity index (χ2n) is 11.4. The van der Waals surface area contributed by atoms with Gasteiger partial charge in [0.05, 0.1) is 28.4 Å². The van der Waals surface area contributed by atoms with Crippen LogP contribution in [0.5, 0.6) is 0 Å². The minimum absolute atomic E-state index is 0.0457. The Morgan fingerprint density at radius 3 is 2.66 bits per heavy atom. The van der Waals surface area contributed by atoms with E-state index in [0.29, 0.717) is 28.2 Å². The number of hydrogen-bond donors (Lipinski definition) is 2. The Kier molecular flexibility index (Phi) is 5.78. The largest absolute Gasteiger partial charge is 0.301 e. The van der Waals surface area contributed by atoms with Crippen molar-refractivity contribution in [3.05, 3.63) is 76.5 Å². The normalized spacial score (nSPS) is 25.9. The maximum absolute atomic E-state index is 13.0. The predicted octanol–water partition coefficient (Wildman–Crippen LogP) is 3.67. The molecule has 2 N–H and O–H groups in total. The van der Waals surface area contributed by atoms with Crippen LogP contribution in [0.2, 0.25) is 0 Å². The van der Waals surface area contributed by atoms with E-state index < -0.39 is 0 Å². The lowest BCUT2D eigenvalue weighted by atomic mass is 9.47. The standard InChI is InChI=1S/C29H32N6O3/c36-27-22-8-2-1-7-21(22)26(31-32-27)20-15-29(16-20)13-19(14-29)25(18-34-10-5-6-11-34)38-33-28(37)23-17-30-35-12-4-3-9-24(23)35/h1-4,7-9,12,17,19-20,25H,5-6,10-11,13-16,18H2,(H,32,36)(H,33,37). The number of amides is 1. The van der Waals surface area contributed by atoms with Crippen LogP contribution in [0.4, 0.5) is 0 Å². The van der Waals surface area contributed by atoms with Crippen LogP contribution in [-0.4, -0.2) is 56.4 Å². The Labute approximate surface area is 220 Å².